The standard InChI is InChI=1S/C23H29F3N6O3/c1-12(2)32(4)15-6-7-18(16(10-15)22-28-13(3)30-35-22)29-20(33)11-27-21-17-9-14(23(24,25)26)5-8-19(17)34-31-21/h5,8-9,12,15-16,18H,6-7,10-11H2,1-4H3,(H,27,31)(H,29,33)/t15-,16-,18+/m1/s1. The molecule has 1 aromatic carbocycles. The molecule has 1 aliphatic rings. The Kier molecular flexibility index (Phi) is 7.02. The highest BCUT2D eigenvalue weighted by Gasteiger charge is 2.38. The largest absolute Gasteiger partial charge is 0.416 e. The summed E-state index contributed by atoms with van der Waals surface area (Å²) < 4.78 is 49.8. The van der Waals surface area contributed by atoms with Crippen molar-refractivity contribution in [3.05, 3.63) is 35.5 Å². The van der Waals surface area contributed by atoms with Gasteiger partial charge in [0, 0.05) is 18.1 Å². The van der Waals surface area contributed by atoms with Crippen molar-refractivity contribution in [3.63, 3.8) is 0 Å². The minimum absolute atomic E-state index is 0.0765. The lowest BCUT2D eigenvalue weighted by atomic mass is 9.80. The zero-order chi connectivity index (χ0) is 25.3. The lowest BCUT2D eigenvalue weighted by Gasteiger charge is -2.40. The van der Waals surface area contributed by atoms with Gasteiger partial charge in [-0.2, -0.15) is 18.2 Å². The molecule has 2 aromatic heterocycles. The van der Waals surface area contributed by atoms with Crippen molar-refractivity contribution >= 4 is 22.7 Å². The van der Waals surface area contributed by atoms with E-state index in [1.54, 1.807) is 6.92 Å². The van der Waals surface area contributed by atoms with Crippen molar-refractivity contribution in [1.82, 2.24) is 25.5 Å². The predicted octanol–water partition coefficient (Wildman–Crippen LogP) is 4.11. The van der Waals surface area contributed by atoms with Gasteiger partial charge in [-0.15, -0.1) is 0 Å². The Labute approximate surface area is 200 Å². The SMILES string of the molecule is Cc1noc([C@@H]2C[C@H](N(C)C(C)C)CC[C@@H]2NC(=O)CNc2noc3ccc(C(F)(F)F)cc23)n1. The number of benzene rings is 1. The third-order valence-corrected chi connectivity index (χ3v) is 6.63. The van der Waals surface area contributed by atoms with Crippen LogP contribution in [0.2, 0.25) is 0 Å². The van der Waals surface area contributed by atoms with E-state index in [2.05, 4.69) is 51.7 Å². The Morgan fingerprint density at radius 3 is 2.66 bits per heavy atom. The van der Waals surface area contributed by atoms with E-state index in [4.69, 9.17) is 9.05 Å². The predicted molar refractivity (Wildman–Crippen MR) is 122 cm³/mol. The molecule has 9 nitrogen and oxygen atoms in total. The van der Waals surface area contributed by atoms with Gasteiger partial charge in [-0.3, -0.25) is 4.79 Å². The Hall–Kier alpha value is -3.15. The number of hydrogen-bond acceptors (Lipinski definition) is 8. The van der Waals surface area contributed by atoms with Crippen LogP contribution in [-0.2, 0) is 11.0 Å². The van der Waals surface area contributed by atoms with E-state index in [1.165, 1.54) is 6.07 Å². The highest BCUT2D eigenvalue weighted by molar-refractivity contribution is 5.90. The maximum Gasteiger partial charge on any atom is 0.416 e. The summed E-state index contributed by atoms with van der Waals surface area (Å²) in [5.74, 6) is 0.622. The second-order valence-corrected chi connectivity index (χ2v) is 9.28. The van der Waals surface area contributed by atoms with Gasteiger partial charge < -0.3 is 24.6 Å². The molecular weight excluding hydrogens is 465 g/mol. The fourth-order valence-corrected chi connectivity index (χ4v) is 4.51. The maximum atomic E-state index is 13.1. The number of hydrogen-bond donors (Lipinski definition) is 2. The molecule has 3 aromatic rings. The fourth-order valence-electron chi connectivity index (χ4n) is 4.51. The summed E-state index contributed by atoms with van der Waals surface area (Å²) in [6.07, 6.45) is -2.13. The van der Waals surface area contributed by atoms with E-state index in [-0.39, 0.29) is 41.2 Å². The Bertz CT molecular complexity index is 1170. The summed E-state index contributed by atoms with van der Waals surface area (Å²) in [4.78, 5) is 19.5. The number of aryl methyl sites for hydroxylation is 1. The van der Waals surface area contributed by atoms with Crippen LogP contribution >= 0.6 is 0 Å². The van der Waals surface area contributed by atoms with Crippen LogP contribution in [0.4, 0.5) is 19.0 Å². The summed E-state index contributed by atoms with van der Waals surface area (Å²) >= 11 is 0. The number of nitrogens with one attached hydrogen (secondary N) is 2. The van der Waals surface area contributed by atoms with Crippen LogP contribution < -0.4 is 10.6 Å². The molecule has 0 radical (unpaired) electrons. The number of nitrogens with zero attached hydrogens (tertiary/aromatic N) is 4. The number of halogens is 3. The number of alkyl halides is 3. The highest BCUT2D eigenvalue weighted by Crippen LogP contribution is 2.36. The lowest BCUT2D eigenvalue weighted by molar-refractivity contribution is -0.137. The fraction of sp³-hybridized carbons (Fsp3) is 0.565. The third kappa shape index (κ3) is 5.58. The summed E-state index contributed by atoms with van der Waals surface area (Å²) in [5.41, 5.74) is -0.623. The maximum absolute atomic E-state index is 13.1. The molecule has 1 aliphatic carbocycles. The molecule has 12 heteroatoms. The number of carbonyl (C=O) groups excluding carboxylic acids is 1. The minimum atomic E-state index is -4.50. The molecule has 1 fully saturated rings. The summed E-state index contributed by atoms with van der Waals surface area (Å²) in [5, 5.41) is 13.7. The van der Waals surface area contributed by atoms with Gasteiger partial charge in [-0.05, 0) is 65.3 Å². The molecule has 0 bridgehead atoms. The van der Waals surface area contributed by atoms with Crippen molar-refractivity contribution in [3.8, 4) is 0 Å². The van der Waals surface area contributed by atoms with Gasteiger partial charge in [-0.25, -0.2) is 0 Å². The molecule has 35 heavy (non-hydrogen) atoms. The van der Waals surface area contributed by atoms with Gasteiger partial charge in [0.25, 0.3) is 0 Å². The molecule has 1 amide bonds. The first kappa shape index (κ1) is 25.0. The lowest BCUT2D eigenvalue weighted by Crippen LogP contribution is -2.49. The molecule has 1 saturated carbocycles. The van der Waals surface area contributed by atoms with Gasteiger partial charge in [0.2, 0.25) is 11.8 Å². The molecule has 3 atom stereocenters. The molecule has 2 heterocycles. The normalized spacial score (nSPS) is 21.1. The van der Waals surface area contributed by atoms with E-state index in [0.717, 1.165) is 31.4 Å². The van der Waals surface area contributed by atoms with Gasteiger partial charge in [0.15, 0.2) is 17.2 Å². The summed E-state index contributed by atoms with van der Waals surface area (Å²) in [7, 11) is 2.08. The Morgan fingerprint density at radius 1 is 1.23 bits per heavy atom. The molecule has 0 spiro atoms. The first-order valence-electron chi connectivity index (χ1n) is 11.5. The second kappa shape index (κ2) is 9.84. The zero-order valence-corrected chi connectivity index (χ0v) is 20.0. The van der Waals surface area contributed by atoms with Gasteiger partial charge in [-0.1, -0.05) is 10.3 Å². The second-order valence-electron chi connectivity index (χ2n) is 9.28. The molecule has 0 unspecified atom stereocenters. The quantitative estimate of drug-likeness (QED) is 0.505. The average Bonchev–Trinajstić information content (AvgIpc) is 3.42. The van der Waals surface area contributed by atoms with Crippen molar-refractivity contribution in [2.45, 2.75) is 70.3 Å². The molecular formula is C23H29F3N6O3. The molecule has 0 aliphatic heterocycles. The number of amides is 1. The van der Waals surface area contributed by atoms with E-state index in [0.29, 0.717) is 23.8 Å². The molecule has 190 valence electrons. The molecule has 4 rings (SSSR count). The van der Waals surface area contributed by atoms with Gasteiger partial charge >= 0.3 is 6.18 Å². The molecule has 2 N–H and O–H groups in total. The smallest absolute Gasteiger partial charge is 0.358 e. The number of anilines is 1. The van der Waals surface area contributed by atoms with Crippen LogP contribution in [0.3, 0.4) is 0 Å². The van der Waals surface area contributed by atoms with Crippen LogP contribution in [0.15, 0.2) is 27.2 Å². The number of aromatic nitrogens is 3. The van der Waals surface area contributed by atoms with Crippen LogP contribution in [-0.4, -0.2) is 57.8 Å². The van der Waals surface area contributed by atoms with E-state index >= 15 is 0 Å². The van der Waals surface area contributed by atoms with Crippen LogP contribution in [0, 0.1) is 6.92 Å². The van der Waals surface area contributed by atoms with Gasteiger partial charge in [0.05, 0.1) is 23.4 Å². The first-order chi connectivity index (χ1) is 16.5. The van der Waals surface area contributed by atoms with Crippen molar-refractivity contribution < 1.29 is 27.0 Å². The monoisotopic (exact) mass is 494 g/mol. The third-order valence-electron chi connectivity index (χ3n) is 6.63. The van der Waals surface area contributed by atoms with Crippen LogP contribution in [0.5, 0.6) is 0 Å². The van der Waals surface area contributed by atoms with Crippen LogP contribution in [0.1, 0.15) is 56.3 Å². The number of carbonyl (C=O) groups is 1. The van der Waals surface area contributed by atoms with E-state index in [9.17, 15) is 18.0 Å². The highest BCUT2D eigenvalue weighted by atomic mass is 19.4. The summed E-state index contributed by atoms with van der Waals surface area (Å²) in [6.45, 7) is 5.84. The Morgan fingerprint density at radius 2 is 2.00 bits per heavy atom. The van der Waals surface area contributed by atoms with E-state index in [1.807, 2.05) is 0 Å². The van der Waals surface area contributed by atoms with Crippen LogP contribution in [0.25, 0.3) is 11.0 Å². The van der Waals surface area contributed by atoms with Crippen molar-refractivity contribution in [2.24, 2.45) is 0 Å². The Balaban J connectivity index is 1.44. The topological polar surface area (TPSA) is 109 Å². The summed E-state index contributed by atoms with van der Waals surface area (Å²) in [6, 6.07) is 3.55. The van der Waals surface area contributed by atoms with Crippen molar-refractivity contribution in [1.29, 1.82) is 0 Å². The minimum Gasteiger partial charge on any atom is -0.358 e. The van der Waals surface area contributed by atoms with E-state index < -0.39 is 11.7 Å². The zero-order valence-electron chi connectivity index (χ0n) is 20.0. The number of rotatable bonds is 7. The first-order valence-corrected chi connectivity index (χ1v) is 11.5. The molecule has 0 saturated heterocycles. The van der Waals surface area contributed by atoms with Crippen molar-refractivity contribution in [2.75, 3.05) is 18.9 Å². The van der Waals surface area contributed by atoms with Gasteiger partial charge in [0.1, 0.15) is 0 Å². The average molecular weight is 495 g/mol. The number of fused-ring (bicyclic) bond motifs is 1.